The number of hydrogen-bond donors (Lipinski definition) is 2. The normalized spacial score (nSPS) is 26.2. The maximum absolute atomic E-state index is 11.2. The van der Waals surface area contributed by atoms with Gasteiger partial charge in [0.05, 0.1) is 6.04 Å². The van der Waals surface area contributed by atoms with Crippen LogP contribution in [0.3, 0.4) is 0 Å². The average molecular weight is 338 g/mol. The molecule has 1 amide bonds. The number of rotatable bonds is 1. The van der Waals surface area contributed by atoms with Crippen molar-refractivity contribution in [1.29, 1.82) is 0 Å². The van der Waals surface area contributed by atoms with Crippen LogP contribution in [0.15, 0.2) is 12.3 Å². The Kier molecular flexibility index (Phi) is 7.33. The van der Waals surface area contributed by atoms with Crippen LogP contribution in [-0.2, 0) is 4.79 Å². The van der Waals surface area contributed by atoms with E-state index < -0.39 is 0 Å². The molecule has 0 aromatic carbocycles. The lowest BCUT2D eigenvalue weighted by molar-refractivity contribution is -0.127. The Balaban J connectivity index is 0.000000243. The fourth-order valence-corrected chi connectivity index (χ4v) is 3.58. The van der Waals surface area contributed by atoms with Crippen molar-refractivity contribution in [2.45, 2.75) is 85.2 Å². The van der Waals surface area contributed by atoms with Crippen LogP contribution in [0.25, 0.3) is 0 Å². The number of nitrogens with zero attached hydrogens (tertiary/aromatic N) is 1. The van der Waals surface area contributed by atoms with E-state index in [1.165, 1.54) is 18.5 Å². The molecule has 140 valence electrons. The van der Waals surface area contributed by atoms with Gasteiger partial charge in [-0.25, -0.2) is 0 Å². The number of nitrogens with two attached hydrogens (primary N) is 1. The fraction of sp³-hybridized carbons (Fsp3) is 0.850. The summed E-state index contributed by atoms with van der Waals surface area (Å²) in [4.78, 5) is 13.4. The van der Waals surface area contributed by atoms with Crippen LogP contribution < -0.4 is 11.1 Å². The summed E-state index contributed by atoms with van der Waals surface area (Å²) in [5, 5.41) is 3.34. The van der Waals surface area contributed by atoms with Gasteiger partial charge in [0.15, 0.2) is 0 Å². The Morgan fingerprint density at radius 1 is 1.17 bits per heavy atom. The number of likely N-dealkylation sites (tertiary alicyclic amines) is 1. The van der Waals surface area contributed by atoms with Crippen LogP contribution in [0.2, 0.25) is 0 Å². The molecule has 2 aliphatic heterocycles. The summed E-state index contributed by atoms with van der Waals surface area (Å²) in [6.07, 6.45) is 5.69. The highest BCUT2D eigenvalue weighted by Crippen LogP contribution is 2.32. The molecule has 0 aromatic heterocycles. The lowest BCUT2D eigenvalue weighted by Gasteiger charge is -2.43. The standard InChI is InChI=1S/C10H20N2O.C10H19N/c1-10(2,3)12-7-5-4-6-8(12)9(11)13;1-8-5-6-9(7-11-8)10(2,3)4/h8H,4-7H2,1-3H3,(H2,11,13);9,11H,1,5-7H2,2-4H3. The number of hydrogen-bond acceptors (Lipinski definition) is 3. The van der Waals surface area contributed by atoms with Gasteiger partial charge in [0.1, 0.15) is 0 Å². The summed E-state index contributed by atoms with van der Waals surface area (Å²) in [6.45, 7) is 19.4. The molecule has 0 bridgehead atoms. The van der Waals surface area contributed by atoms with Crippen molar-refractivity contribution < 1.29 is 4.79 Å². The zero-order valence-electron chi connectivity index (χ0n) is 16.7. The molecular weight excluding hydrogens is 298 g/mol. The van der Waals surface area contributed by atoms with Gasteiger partial charge in [-0.1, -0.05) is 33.8 Å². The lowest BCUT2D eigenvalue weighted by atomic mass is 9.76. The summed E-state index contributed by atoms with van der Waals surface area (Å²) >= 11 is 0. The second-order valence-corrected chi connectivity index (χ2v) is 9.36. The van der Waals surface area contributed by atoms with Gasteiger partial charge in [-0.15, -0.1) is 0 Å². The summed E-state index contributed by atoms with van der Waals surface area (Å²) in [5.41, 5.74) is 7.09. The SMILES string of the molecule is C=C1CCC(C(C)(C)C)CN1.CC(C)(C)N1CCCCC1C(N)=O. The third-order valence-electron chi connectivity index (χ3n) is 5.31. The predicted octanol–water partition coefficient (Wildman–Crippen LogP) is 3.67. The molecule has 0 radical (unpaired) electrons. The molecule has 2 unspecified atom stereocenters. The van der Waals surface area contributed by atoms with E-state index in [9.17, 15) is 4.79 Å². The highest BCUT2D eigenvalue weighted by molar-refractivity contribution is 5.80. The summed E-state index contributed by atoms with van der Waals surface area (Å²) in [6, 6.07) is -0.0475. The van der Waals surface area contributed by atoms with Gasteiger partial charge >= 0.3 is 0 Å². The van der Waals surface area contributed by atoms with Crippen LogP contribution in [0.5, 0.6) is 0 Å². The molecule has 24 heavy (non-hydrogen) atoms. The number of piperidine rings is 2. The zero-order chi connectivity index (χ0) is 18.5. The molecule has 3 N–H and O–H groups in total. The van der Waals surface area contributed by atoms with Gasteiger partial charge in [0.25, 0.3) is 0 Å². The molecule has 2 rings (SSSR count). The summed E-state index contributed by atoms with van der Waals surface area (Å²) in [5.74, 6) is 0.641. The van der Waals surface area contributed by atoms with Gasteiger partial charge in [-0.2, -0.15) is 0 Å². The number of allylic oxidation sites excluding steroid dienone is 1. The molecule has 2 heterocycles. The van der Waals surface area contributed by atoms with Crippen molar-refractivity contribution >= 4 is 5.91 Å². The quantitative estimate of drug-likeness (QED) is 0.767. The molecule has 0 aliphatic carbocycles. The molecule has 0 saturated carbocycles. The average Bonchev–Trinajstić information content (AvgIpc) is 2.46. The van der Waals surface area contributed by atoms with Crippen molar-refractivity contribution in [2.24, 2.45) is 17.1 Å². The lowest BCUT2D eigenvalue weighted by Crippen LogP contribution is -2.55. The van der Waals surface area contributed by atoms with Gasteiger partial charge in [-0.05, 0) is 64.3 Å². The molecule has 2 atom stereocenters. The van der Waals surface area contributed by atoms with Gasteiger partial charge in [0.2, 0.25) is 5.91 Å². The molecular formula is C20H39N3O. The first-order valence-electron chi connectivity index (χ1n) is 9.40. The molecule has 4 nitrogen and oxygen atoms in total. The van der Waals surface area contributed by atoms with Gasteiger partial charge in [0, 0.05) is 17.8 Å². The van der Waals surface area contributed by atoms with Gasteiger partial charge in [-0.3, -0.25) is 9.69 Å². The largest absolute Gasteiger partial charge is 0.389 e. The maximum Gasteiger partial charge on any atom is 0.234 e. The van der Waals surface area contributed by atoms with Crippen LogP contribution in [-0.4, -0.2) is 35.5 Å². The molecule has 0 spiro atoms. The third-order valence-corrected chi connectivity index (χ3v) is 5.31. The second kappa shape index (κ2) is 8.37. The third kappa shape index (κ3) is 6.46. The first-order chi connectivity index (χ1) is 10.9. The highest BCUT2D eigenvalue weighted by Gasteiger charge is 2.33. The highest BCUT2D eigenvalue weighted by atomic mass is 16.1. The Morgan fingerprint density at radius 3 is 2.17 bits per heavy atom. The molecule has 2 fully saturated rings. The minimum atomic E-state index is -0.172. The summed E-state index contributed by atoms with van der Waals surface area (Å²) in [7, 11) is 0. The van der Waals surface area contributed by atoms with Crippen LogP contribution in [0.1, 0.15) is 73.6 Å². The van der Waals surface area contributed by atoms with Gasteiger partial charge < -0.3 is 11.1 Å². The smallest absolute Gasteiger partial charge is 0.234 e. The minimum Gasteiger partial charge on any atom is -0.389 e. The first-order valence-corrected chi connectivity index (χ1v) is 9.40. The minimum absolute atomic E-state index is 0.0475. The van der Waals surface area contributed by atoms with Crippen molar-refractivity contribution in [3.05, 3.63) is 12.3 Å². The Morgan fingerprint density at radius 2 is 1.79 bits per heavy atom. The van der Waals surface area contributed by atoms with Crippen LogP contribution >= 0.6 is 0 Å². The number of primary amides is 1. The van der Waals surface area contributed by atoms with E-state index in [0.717, 1.165) is 38.3 Å². The van der Waals surface area contributed by atoms with E-state index >= 15 is 0 Å². The molecule has 0 aromatic rings. The van der Waals surface area contributed by atoms with E-state index in [1.54, 1.807) is 0 Å². The van der Waals surface area contributed by atoms with E-state index in [2.05, 4.69) is 58.3 Å². The maximum atomic E-state index is 11.2. The Hall–Kier alpha value is -1.03. The predicted molar refractivity (Wildman–Crippen MR) is 103 cm³/mol. The number of carbonyl (C=O) groups excluding carboxylic acids is 1. The number of carbonyl (C=O) groups is 1. The topological polar surface area (TPSA) is 58.4 Å². The van der Waals surface area contributed by atoms with Crippen molar-refractivity contribution in [2.75, 3.05) is 13.1 Å². The van der Waals surface area contributed by atoms with Crippen molar-refractivity contribution in [1.82, 2.24) is 10.2 Å². The monoisotopic (exact) mass is 337 g/mol. The Labute approximate surface area is 149 Å². The second-order valence-electron chi connectivity index (χ2n) is 9.36. The zero-order valence-corrected chi connectivity index (χ0v) is 16.7. The van der Waals surface area contributed by atoms with E-state index in [1.807, 2.05) is 0 Å². The Bertz CT molecular complexity index is 421. The number of amides is 1. The molecule has 4 heteroatoms. The number of nitrogens with one attached hydrogen (secondary N) is 1. The first kappa shape index (κ1) is 21.0. The van der Waals surface area contributed by atoms with Crippen molar-refractivity contribution in [3.8, 4) is 0 Å². The van der Waals surface area contributed by atoms with E-state index in [4.69, 9.17) is 5.73 Å². The molecule has 2 saturated heterocycles. The van der Waals surface area contributed by atoms with Crippen LogP contribution in [0, 0.1) is 11.3 Å². The van der Waals surface area contributed by atoms with E-state index in [-0.39, 0.29) is 17.5 Å². The van der Waals surface area contributed by atoms with E-state index in [0.29, 0.717) is 5.41 Å². The summed E-state index contributed by atoms with van der Waals surface area (Å²) < 4.78 is 0. The molecule has 2 aliphatic rings. The van der Waals surface area contributed by atoms with Crippen LogP contribution in [0.4, 0.5) is 0 Å². The van der Waals surface area contributed by atoms with Crippen molar-refractivity contribution in [3.63, 3.8) is 0 Å². The fourth-order valence-electron chi connectivity index (χ4n) is 3.58.